The summed E-state index contributed by atoms with van der Waals surface area (Å²) in [5.74, 6) is 0.112. The molecule has 1 aromatic carbocycles. The fourth-order valence-corrected chi connectivity index (χ4v) is 3.15. The molecule has 2 heterocycles. The number of benzene rings is 1. The number of hydrogen-bond donors (Lipinski definition) is 0. The van der Waals surface area contributed by atoms with Crippen LogP contribution >= 0.6 is 0 Å². The average molecular weight is 325 g/mol. The van der Waals surface area contributed by atoms with Crippen LogP contribution in [-0.2, 0) is 4.79 Å². The molecule has 5 heteroatoms. The third-order valence-corrected chi connectivity index (χ3v) is 4.49. The molecule has 1 fully saturated rings. The molecule has 2 aromatic rings. The highest BCUT2D eigenvalue weighted by Crippen LogP contribution is 2.20. The smallest absolute Gasteiger partial charge is 0.256 e. The molecule has 24 heavy (non-hydrogen) atoms. The lowest BCUT2D eigenvalue weighted by Crippen LogP contribution is -2.36. The van der Waals surface area contributed by atoms with Crippen LogP contribution in [0.15, 0.2) is 42.7 Å². The van der Waals surface area contributed by atoms with Crippen molar-refractivity contribution in [2.75, 3.05) is 26.2 Å². The maximum absolute atomic E-state index is 13.1. The topological polar surface area (TPSA) is 45.6 Å². The molecule has 0 aliphatic carbocycles. The first-order valence-corrected chi connectivity index (χ1v) is 8.35. The summed E-state index contributed by atoms with van der Waals surface area (Å²) in [5, 5.41) is 0. The van der Waals surface area contributed by atoms with Gasteiger partial charge in [0.1, 0.15) is 0 Å². The van der Waals surface area contributed by atoms with E-state index in [1.54, 1.807) is 6.92 Å². The highest BCUT2D eigenvalue weighted by Gasteiger charge is 2.23. The first-order chi connectivity index (χ1) is 11.6. The Morgan fingerprint density at radius 1 is 0.958 bits per heavy atom. The normalized spacial score (nSPS) is 15.2. The van der Waals surface area contributed by atoms with E-state index in [1.165, 1.54) is 0 Å². The Hall–Kier alpha value is -2.56. The first kappa shape index (κ1) is 16.3. The van der Waals surface area contributed by atoms with Crippen molar-refractivity contribution < 1.29 is 9.59 Å². The number of rotatable bonds is 2. The minimum absolute atomic E-state index is 0.0350. The van der Waals surface area contributed by atoms with Crippen LogP contribution in [0.2, 0.25) is 0 Å². The van der Waals surface area contributed by atoms with Crippen molar-refractivity contribution in [1.29, 1.82) is 0 Å². The van der Waals surface area contributed by atoms with Crippen LogP contribution in [0.4, 0.5) is 0 Å². The minimum atomic E-state index is 0.0350. The van der Waals surface area contributed by atoms with E-state index >= 15 is 0 Å². The van der Waals surface area contributed by atoms with Crippen LogP contribution in [0, 0.1) is 6.92 Å². The van der Waals surface area contributed by atoms with E-state index in [2.05, 4.69) is 0 Å². The Kier molecular flexibility index (Phi) is 4.69. The highest BCUT2D eigenvalue weighted by atomic mass is 16.2. The third-order valence-electron chi connectivity index (χ3n) is 4.49. The monoisotopic (exact) mass is 325 g/mol. The molecule has 2 amide bonds. The summed E-state index contributed by atoms with van der Waals surface area (Å²) in [5.41, 5.74) is 2.67. The lowest BCUT2D eigenvalue weighted by molar-refractivity contribution is -0.128. The van der Waals surface area contributed by atoms with Crippen molar-refractivity contribution in [3.8, 4) is 5.69 Å². The molecule has 0 atom stereocenters. The van der Waals surface area contributed by atoms with Crippen LogP contribution in [0.25, 0.3) is 5.69 Å². The molecule has 0 saturated carbocycles. The van der Waals surface area contributed by atoms with Crippen LogP contribution in [0.5, 0.6) is 0 Å². The van der Waals surface area contributed by atoms with Gasteiger partial charge in [-0.05, 0) is 37.6 Å². The summed E-state index contributed by atoms with van der Waals surface area (Å²) in [7, 11) is 0. The Balaban J connectivity index is 1.87. The van der Waals surface area contributed by atoms with E-state index < -0.39 is 0 Å². The summed E-state index contributed by atoms with van der Waals surface area (Å²) in [4.78, 5) is 28.4. The number of nitrogens with zero attached hydrogens (tertiary/aromatic N) is 3. The fraction of sp³-hybridized carbons (Fsp3) is 0.368. The zero-order valence-corrected chi connectivity index (χ0v) is 14.2. The SMILES string of the molecule is CC(=O)N1CCCN(C(=O)c2cc(C)ccc2-n2cccc2)CC1. The Morgan fingerprint density at radius 3 is 2.33 bits per heavy atom. The van der Waals surface area contributed by atoms with Gasteiger partial charge in [0.25, 0.3) is 5.91 Å². The standard InChI is InChI=1S/C19H23N3O2/c1-15-6-7-18(21-8-3-4-9-21)17(14-15)19(24)22-11-5-10-20(12-13-22)16(2)23/h3-4,6-9,14H,5,10-13H2,1-2H3. The van der Waals surface area contributed by atoms with Crippen molar-refractivity contribution in [2.45, 2.75) is 20.3 Å². The predicted molar refractivity (Wildman–Crippen MR) is 93.3 cm³/mol. The van der Waals surface area contributed by atoms with E-state index in [0.29, 0.717) is 25.2 Å². The van der Waals surface area contributed by atoms with Gasteiger partial charge in [-0.25, -0.2) is 0 Å². The second-order valence-corrected chi connectivity index (χ2v) is 6.26. The molecule has 1 aromatic heterocycles. The van der Waals surface area contributed by atoms with E-state index in [9.17, 15) is 9.59 Å². The van der Waals surface area contributed by atoms with E-state index in [-0.39, 0.29) is 11.8 Å². The maximum atomic E-state index is 13.1. The van der Waals surface area contributed by atoms with Crippen LogP contribution < -0.4 is 0 Å². The molecule has 1 aliphatic rings. The van der Waals surface area contributed by atoms with Gasteiger partial charge in [-0.2, -0.15) is 0 Å². The summed E-state index contributed by atoms with van der Waals surface area (Å²) in [6.07, 6.45) is 4.71. The van der Waals surface area contributed by atoms with Gasteiger partial charge in [0.05, 0.1) is 11.3 Å². The molecule has 126 valence electrons. The number of carbonyl (C=O) groups is 2. The second-order valence-electron chi connectivity index (χ2n) is 6.26. The molecule has 0 radical (unpaired) electrons. The van der Waals surface area contributed by atoms with Gasteiger partial charge in [0, 0.05) is 45.5 Å². The Labute approximate surface area is 142 Å². The van der Waals surface area contributed by atoms with E-state index in [4.69, 9.17) is 0 Å². The number of amides is 2. The summed E-state index contributed by atoms with van der Waals surface area (Å²) >= 11 is 0. The molecular formula is C19H23N3O2. The number of aryl methyl sites for hydroxylation is 1. The van der Waals surface area contributed by atoms with Gasteiger partial charge in [-0.1, -0.05) is 11.6 Å². The second kappa shape index (κ2) is 6.91. The molecule has 1 saturated heterocycles. The van der Waals surface area contributed by atoms with Crippen LogP contribution in [0.1, 0.15) is 29.3 Å². The zero-order valence-electron chi connectivity index (χ0n) is 14.2. The van der Waals surface area contributed by atoms with E-state index in [1.807, 2.05) is 64.0 Å². The van der Waals surface area contributed by atoms with Crippen LogP contribution in [-0.4, -0.2) is 52.4 Å². The van der Waals surface area contributed by atoms with Gasteiger partial charge < -0.3 is 14.4 Å². The quantitative estimate of drug-likeness (QED) is 0.851. The van der Waals surface area contributed by atoms with Crippen LogP contribution in [0.3, 0.4) is 0 Å². The third kappa shape index (κ3) is 3.35. The van der Waals surface area contributed by atoms with Gasteiger partial charge in [0.15, 0.2) is 0 Å². The molecule has 0 unspecified atom stereocenters. The van der Waals surface area contributed by atoms with Gasteiger partial charge >= 0.3 is 0 Å². The minimum Gasteiger partial charge on any atom is -0.341 e. The summed E-state index contributed by atoms with van der Waals surface area (Å²) in [6.45, 7) is 6.17. The maximum Gasteiger partial charge on any atom is 0.256 e. The van der Waals surface area contributed by atoms with Gasteiger partial charge in [0.2, 0.25) is 5.91 Å². The average Bonchev–Trinajstić information content (AvgIpc) is 2.97. The molecule has 0 spiro atoms. The molecule has 0 bridgehead atoms. The first-order valence-electron chi connectivity index (χ1n) is 8.35. The molecular weight excluding hydrogens is 302 g/mol. The van der Waals surface area contributed by atoms with Crippen molar-refractivity contribution in [2.24, 2.45) is 0 Å². The fourth-order valence-electron chi connectivity index (χ4n) is 3.15. The zero-order chi connectivity index (χ0) is 17.1. The molecule has 3 rings (SSSR count). The molecule has 5 nitrogen and oxygen atoms in total. The van der Waals surface area contributed by atoms with Crippen molar-refractivity contribution in [3.05, 3.63) is 53.9 Å². The van der Waals surface area contributed by atoms with E-state index in [0.717, 1.165) is 24.2 Å². The summed E-state index contributed by atoms with van der Waals surface area (Å²) in [6, 6.07) is 9.86. The highest BCUT2D eigenvalue weighted by molar-refractivity contribution is 5.98. The molecule has 1 aliphatic heterocycles. The largest absolute Gasteiger partial charge is 0.341 e. The number of aromatic nitrogens is 1. The lowest BCUT2D eigenvalue weighted by atomic mass is 10.1. The predicted octanol–water partition coefficient (Wildman–Crippen LogP) is 2.48. The van der Waals surface area contributed by atoms with Crippen molar-refractivity contribution in [1.82, 2.24) is 14.4 Å². The number of hydrogen-bond acceptors (Lipinski definition) is 2. The number of carbonyl (C=O) groups excluding carboxylic acids is 2. The van der Waals surface area contributed by atoms with Gasteiger partial charge in [-0.15, -0.1) is 0 Å². The van der Waals surface area contributed by atoms with Crippen molar-refractivity contribution >= 4 is 11.8 Å². The lowest BCUT2D eigenvalue weighted by Gasteiger charge is -2.23. The van der Waals surface area contributed by atoms with Gasteiger partial charge in [-0.3, -0.25) is 9.59 Å². The van der Waals surface area contributed by atoms with Crippen molar-refractivity contribution in [3.63, 3.8) is 0 Å². The summed E-state index contributed by atoms with van der Waals surface area (Å²) < 4.78 is 1.96. The Morgan fingerprint density at radius 2 is 1.62 bits per heavy atom. The molecule has 0 N–H and O–H groups in total. The Bertz CT molecular complexity index is 737.